The molecule has 1 aromatic carbocycles. The third kappa shape index (κ3) is 4.28. The first-order valence-electron chi connectivity index (χ1n) is 11.4. The number of carbonyl (C=O) groups excluding carboxylic acids is 2. The molecule has 1 aliphatic heterocycles. The third-order valence-corrected chi connectivity index (χ3v) is 5.97. The first kappa shape index (κ1) is 23.5. The number of hydrogen-bond acceptors (Lipinski definition) is 6. The molecule has 178 valence electrons. The van der Waals surface area contributed by atoms with Crippen molar-refractivity contribution in [3.05, 3.63) is 71.2 Å². The van der Waals surface area contributed by atoms with Gasteiger partial charge in [0.05, 0.1) is 30.5 Å². The van der Waals surface area contributed by atoms with Gasteiger partial charge < -0.3 is 19.5 Å². The van der Waals surface area contributed by atoms with E-state index >= 15 is 0 Å². The zero-order valence-electron chi connectivity index (χ0n) is 19.7. The lowest BCUT2D eigenvalue weighted by atomic mass is 9.96. The predicted molar refractivity (Wildman–Crippen MR) is 128 cm³/mol. The number of amides is 1. The standard InChI is InChI=1S/C26H29N3O5/c1-4-5-15-34-19-11-9-18(10-12-19)23-21(25(31)26(32)29(23)14-16-33-3)24(30)22-17(2)27-20-8-6-7-13-28(20)22/h6-13,23,30H,4-5,14-16H2,1-3H3. The quantitative estimate of drug-likeness (QED) is 0.224. The summed E-state index contributed by atoms with van der Waals surface area (Å²) in [5.74, 6) is -0.933. The summed E-state index contributed by atoms with van der Waals surface area (Å²) in [5.41, 5.74) is 2.33. The summed E-state index contributed by atoms with van der Waals surface area (Å²) in [6.45, 7) is 4.96. The van der Waals surface area contributed by atoms with Crippen LogP contribution in [0.5, 0.6) is 5.75 Å². The summed E-state index contributed by atoms with van der Waals surface area (Å²) in [4.78, 5) is 32.1. The van der Waals surface area contributed by atoms with Crippen molar-refractivity contribution in [1.82, 2.24) is 14.3 Å². The minimum absolute atomic E-state index is 0.0366. The molecule has 3 heterocycles. The van der Waals surface area contributed by atoms with Crippen molar-refractivity contribution in [2.24, 2.45) is 0 Å². The molecule has 1 saturated heterocycles. The largest absolute Gasteiger partial charge is 0.505 e. The van der Waals surface area contributed by atoms with Crippen LogP contribution in [0.3, 0.4) is 0 Å². The van der Waals surface area contributed by atoms with E-state index in [0.717, 1.165) is 12.8 Å². The zero-order chi connectivity index (χ0) is 24.2. The van der Waals surface area contributed by atoms with Gasteiger partial charge in [0.15, 0.2) is 5.76 Å². The normalized spacial score (nSPS) is 17.6. The molecule has 1 amide bonds. The molecular formula is C26H29N3O5. The van der Waals surface area contributed by atoms with Crippen LogP contribution in [0.2, 0.25) is 0 Å². The molecule has 3 aromatic rings. The molecule has 1 N–H and O–H groups in total. The summed E-state index contributed by atoms with van der Waals surface area (Å²) >= 11 is 0. The molecule has 1 aliphatic rings. The number of hydrogen-bond donors (Lipinski definition) is 1. The number of ketones is 1. The highest BCUT2D eigenvalue weighted by atomic mass is 16.5. The number of rotatable bonds is 9. The maximum Gasteiger partial charge on any atom is 0.295 e. The highest BCUT2D eigenvalue weighted by molar-refractivity contribution is 6.46. The van der Waals surface area contributed by atoms with Crippen LogP contribution in [0.1, 0.15) is 42.8 Å². The Bertz CT molecular complexity index is 1230. The van der Waals surface area contributed by atoms with E-state index in [9.17, 15) is 14.7 Å². The van der Waals surface area contributed by atoms with Gasteiger partial charge in [0.1, 0.15) is 17.1 Å². The molecule has 0 aliphatic carbocycles. The van der Waals surface area contributed by atoms with Gasteiger partial charge in [-0.1, -0.05) is 31.5 Å². The highest BCUT2D eigenvalue weighted by Gasteiger charge is 2.46. The molecule has 34 heavy (non-hydrogen) atoms. The Balaban J connectivity index is 1.81. The van der Waals surface area contributed by atoms with Crippen LogP contribution in [0.4, 0.5) is 0 Å². The highest BCUT2D eigenvalue weighted by Crippen LogP contribution is 2.40. The first-order chi connectivity index (χ1) is 16.5. The molecule has 8 nitrogen and oxygen atoms in total. The molecule has 8 heteroatoms. The average Bonchev–Trinajstić information content (AvgIpc) is 3.31. The van der Waals surface area contributed by atoms with Crippen molar-refractivity contribution in [2.45, 2.75) is 32.7 Å². The maximum absolute atomic E-state index is 13.2. The molecule has 4 rings (SSSR count). The van der Waals surface area contributed by atoms with Gasteiger partial charge in [-0.25, -0.2) is 4.98 Å². The van der Waals surface area contributed by atoms with Crippen LogP contribution in [0.15, 0.2) is 54.2 Å². The van der Waals surface area contributed by atoms with E-state index in [1.807, 2.05) is 42.5 Å². The van der Waals surface area contributed by atoms with Crippen LogP contribution >= 0.6 is 0 Å². The van der Waals surface area contributed by atoms with Gasteiger partial charge in [-0.2, -0.15) is 0 Å². The lowest BCUT2D eigenvalue weighted by Gasteiger charge is -2.25. The Hall–Kier alpha value is -3.65. The van der Waals surface area contributed by atoms with Crippen LogP contribution < -0.4 is 4.74 Å². The number of imidazole rings is 1. The number of benzene rings is 1. The lowest BCUT2D eigenvalue weighted by molar-refractivity contribution is -0.140. The fourth-order valence-electron chi connectivity index (χ4n) is 4.25. The number of aliphatic hydroxyl groups is 1. The van der Waals surface area contributed by atoms with E-state index in [2.05, 4.69) is 11.9 Å². The monoisotopic (exact) mass is 463 g/mol. The van der Waals surface area contributed by atoms with Gasteiger partial charge >= 0.3 is 0 Å². The lowest BCUT2D eigenvalue weighted by Crippen LogP contribution is -2.32. The molecule has 0 radical (unpaired) electrons. The number of pyridine rings is 1. The molecule has 0 bridgehead atoms. The molecule has 2 aromatic heterocycles. The Morgan fingerprint density at radius 1 is 1.12 bits per heavy atom. The number of carbonyl (C=O) groups is 2. The van der Waals surface area contributed by atoms with Crippen molar-refractivity contribution in [2.75, 3.05) is 26.9 Å². The smallest absolute Gasteiger partial charge is 0.295 e. The molecule has 1 fully saturated rings. The number of nitrogens with zero attached hydrogens (tertiary/aromatic N) is 3. The van der Waals surface area contributed by atoms with E-state index in [4.69, 9.17) is 9.47 Å². The molecule has 1 atom stereocenters. The average molecular weight is 464 g/mol. The third-order valence-electron chi connectivity index (χ3n) is 5.97. The van der Waals surface area contributed by atoms with Crippen molar-refractivity contribution >= 4 is 23.1 Å². The number of aromatic nitrogens is 2. The molecule has 0 saturated carbocycles. The molecular weight excluding hydrogens is 434 g/mol. The first-order valence-corrected chi connectivity index (χ1v) is 11.4. The summed E-state index contributed by atoms with van der Waals surface area (Å²) in [5, 5.41) is 11.4. The number of aryl methyl sites for hydroxylation is 1. The molecule has 1 unspecified atom stereocenters. The number of ether oxygens (including phenoxy) is 2. The van der Waals surface area contributed by atoms with Crippen LogP contribution in [-0.4, -0.2) is 57.9 Å². The zero-order valence-corrected chi connectivity index (χ0v) is 19.7. The van der Waals surface area contributed by atoms with Crippen molar-refractivity contribution < 1.29 is 24.2 Å². The number of methoxy groups -OCH3 is 1. The number of Topliss-reactive ketones (excluding diaryl/α,β-unsaturated/α-hetero) is 1. The van der Waals surface area contributed by atoms with Gasteiger partial charge in [0, 0.05) is 19.9 Å². The van der Waals surface area contributed by atoms with Crippen LogP contribution in [0.25, 0.3) is 11.4 Å². The summed E-state index contributed by atoms with van der Waals surface area (Å²) in [7, 11) is 1.54. The van der Waals surface area contributed by atoms with Gasteiger partial charge in [-0.3, -0.25) is 14.0 Å². The second kappa shape index (κ2) is 10.1. The summed E-state index contributed by atoms with van der Waals surface area (Å²) < 4.78 is 12.6. The summed E-state index contributed by atoms with van der Waals surface area (Å²) in [6, 6.07) is 12.0. The SMILES string of the molecule is CCCCOc1ccc(C2C(=C(O)c3c(C)nc4ccccn34)C(=O)C(=O)N2CCOC)cc1. The van der Waals surface area contributed by atoms with Crippen LogP contribution in [0, 0.1) is 6.92 Å². The van der Waals surface area contributed by atoms with Crippen LogP contribution in [-0.2, 0) is 14.3 Å². The number of aliphatic hydroxyl groups excluding tert-OH is 1. The van der Waals surface area contributed by atoms with Gasteiger partial charge in [0.25, 0.3) is 11.7 Å². The van der Waals surface area contributed by atoms with Crippen molar-refractivity contribution in [3.63, 3.8) is 0 Å². The van der Waals surface area contributed by atoms with E-state index < -0.39 is 17.7 Å². The Kier molecular flexibility index (Phi) is 6.98. The molecule has 0 spiro atoms. The van der Waals surface area contributed by atoms with E-state index in [-0.39, 0.29) is 24.5 Å². The Morgan fingerprint density at radius 3 is 2.59 bits per heavy atom. The minimum atomic E-state index is -0.756. The number of likely N-dealkylation sites (tertiary alicyclic amines) is 1. The number of fused-ring (bicyclic) bond motifs is 1. The summed E-state index contributed by atoms with van der Waals surface area (Å²) in [6.07, 6.45) is 3.76. The Morgan fingerprint density at radius 2 is 1.88 bits per heavy atom. The maximum atomic E-state index is 13.2. The topological polar surface area (TPSA) is 93.4 Å². The van der Waals surface area contributed by atoms with Crippen molar-refractivity contribution in [3.8, 4) is 5.75 Å². The van der Waals surface area contributed by atoms with Crippen molar-refractivity contribution in [1.29, 1.82) is 0 Å². The van der Waals surface area contributed by atoms with E-state index in [1.165, 1.54) is 12.0 Å². The minimum Gasteiger partial charge on any atom is -0.505 e. The second-order valence-electron chi connectivity index (χ2n) is 8.23. The second-order valence-corrected chi connectivity index (χ2v) is 8.23. The van der Waals surface area contributed by atoms with E-state index in [0.29, 0.717) is 35.0 Å². The Labute approximate surface area is 198 Å². The predicted octanol–water partition coefficient (Wildman–Crippen LogP) is 3.89. The fourth-order valence-corrected chi connectivity index (χ4v) is 4.25. The van der Waals surface area contributed by atoms with Gasteiger partial charge in [-0.05, 0) is 43.2 Å². The van der Waals surface area contributed by atoms with Gasteiger partial charge in [0.2, 0.25) is 0 Å². The number of unbranched alkanes of at least 4 members (excludes halogenated alkanes) is 1. The van der Waals surface area contributed by atoms with E-state index in [1.54, 1.807) is 17.5 Å². The fraction of sp³-hybridized carbons (Fsp3) is 0.346. The van der Waals surface area contributed by atoms with Gasteiger partial charge in [-0.15, -0.1) is 0 Å².